The fourth-order valence-electron chi connectivity index (χ4n) is 1.37. The number of carbonyl (C=O) groups is 1. The van der Waals surface area contributed by atoms with Crippen LogP contribution in [0.5, 0.6) is 0 Å². The molecule has 1 amide bonds. The van der Waals surface area contributed by atoms with Gasteiger partial charge in [-0.15, -0.1) is 11.3 Å². The lowest BCUT2D eigenvalue weighted by Gasteiger charge is -2.07. The molecule has 0 aliphatic carbocycles. The first kappa shape index (κ1) is 12.8. The average molecular weight is 375 g/mol. The lowest BCUT2D eigenvalue weighted by Crippen LogP contribution is -2.11. The number of benzene rings is 1. The third-order valence-electron chi connectivity index (χ3n) is 2.19. The third-order valence-corrected chi connectivity index (χ3v) is 4.72. The molecule has 17 heavy (non-hydrogen) atoms. The number of halogens is 2. The molecular weight excluding hydrogens is 366 g/mol. The predicted octanol–water partition coefficient (Wildman–Crippen LogP) is 4.83. The number of carbonyl (C=O) groups excluding carboxylic acids is 1. The van der Waals surface area contributed by atoms with E-state index in [1.54, 1.807) is 0 Å². The first-order valence-electron chi connectivity index (χ1n) is 4.88. The van der Waals surface area contributed by atoms with E-state index in [9.17, 15) is 4.79 Å². The van der Waals surface area contributed by atoms with Crippen LogP contribution in [-0.4, -0.2) is 5.91 Å². The molecule has 0 atom stereocenters. The van der Waals surface area contributed by atoms with E-state index in [-0.39, 0.29) is 5.91 Å². The van der Waals surface area contributed by atoms with Crippen LogP contribution in [0.2, 0.25) is 0 Å². The van der Waals surface area contributed by atoms with Crippen LogP contribution in [0.15, 0.2) is 38.6 Å². The van der Waals surface area contributed by atoms with E-state index in [0.29, 0.717) is 4.88 Å². The van der Waals surface area contributed by atoms with Gasteiger partial charge in [-0.3, -0.25) is 4.79 Å². The number of hydrogen-bond acceptors (Lipinski definition) is 2. The minimum Gasteiger partial charge on any atom is -0.320 e. The van der Waals surface area contributed by atoms with Gasteiger partial charge in [0.15, 0.2) is 0 Å². The topological polar surface area (TPSA) is 29.1 Å². The van der Waals surface area contributed by atoms with E-state index < -0.39 is 0 Å². The maximum absolute atomic E-state index is 12.0. The number of rotatable bonds is 2. The highest BCUT2D eigenvalue weighted by Crippen LogP contribution is 2.27. The van der Waals surface area contributed by atoms with Crippen molar-refractivity contribution in [2.24, 2.45) is 0 Å². The molecule has 0 saturated carbocycles. The van der Waals surface area contributed by atoms with Gasteiger partial charge >= 0.3 is 0 Å². The first-order valence-corrected chi connectivity index (χ1v) is 7.35. The molecule has 0 unspecified atom stereocenters. The van der Waals surface area contributed by atoms with Gasteiger partial charge in [0, 0.05) is 8.95 Å². The summed E-state index contributed by atoms with van der Waals surface area (Å²) in [5, 5.41) is 4.77. The first-order chi connectivity index (χ1) is 8.08. The highest BCUT2D eigenvalue weighted by molar-refractivity contribution is 9.11. The Kier molecular flexibility index (Phi) is 4.01. The average Bonchev–Trinajstić information content (AvgIpc) is 2.70. The van der Waals surface area contributed by atoms with E-state index >= 15 is 0 Å². The largest absolute Gasteiger partial charge is 0.320 e. The van der Waals surface area contributed by atoms with E-state index in [4.69, 9.17) is 0 Å². The standard InChI is InChI=1S/C12H9Br2NOS/c1-7-2-3-8(13)10(6-7)15-12(16)11-9(14)4-5-17-11/h2-6H,1H3,(H,15,16). The smallest absolute Gasteiger partial charge is 0.266 e. The number of hydrogen-bond donors (Lipinski definition) is 1. The molecule has 1 aromatic heterocycles. The summed E-state index contributed by atoms with van der Waals surface area (Å²) in [6, 6.07) is 7.71. The molecule has 2 nitrogen and oxygen atoms in total. The van der Waals surface area contributed by atoms with Crippen LogP contribution in [0.4, 0.5) is 5.69 Å². The quantitative estimate of drug-likeness (QED) is 0.800. The number of nitrogens with one attached hydrogen (secondary N) is 1. The van der Waals surface area contributed by atoms with Crippen molar-refractivity contribution in [3.05, 3.63) is 49.0 Å². The molecule has 0 saturated heterocycles. The maximum atomic E-state index is 12.0. The number of anilines is 1. The Bertz CT molecular complexity index is 565. The molecule has 0 fully saturated rings. The van der Waals surface area contributed by atoms with E-state index in [1.165, 1.54) is 11.3 Å². The van der Waals surface area contributed by atoms with Gasteiger partial charge in [-0.05, 0) is 67.9 Å². The minimum atomic E-state index is -0.0989. The van der Waals surface area contributed by atoms with Gasteiger partial charge in [0.05, 0.1) is 5.69 Å². The van der Waals surface area contributed by atoms with Crippen LogP contribution in [0, 0.1) is 6.92 Å². The Morgan fingerprint density at radius 2 is 2.00 bits per heavy atom. The van der Waals surface area contributed by atoms with Crippen LogP contribution in [0.25, 0.3) is 0 Å². The molecular formula is C12H9Br2NOS. The Labute approximate surface area is 120 Å². The van der Waals surface area contributed by atoms with E-state index in [1.807, 2.05) is 36.6 Å². The highest BCUT2D eigenvalue weighted by Gasteiger charge is 2.12. The second kappa shape index (κ2) is 5.33. The fourth-order valence-corrected chi connectivity index (χ4v) is 3.16. The van der Waals surface area contributed by atoms with Gasteiger partial charge in [-0.25, -0.2) is 0 Å². The summed E-state index contributed by atoms with van der Waals surface area (Å²) in [4.78, 5) is 12.7. The van der Waals surface area contributed by atoms with Gasteiger partial charge in [0.25, 0.3) is 5.91 Å². The van der Waals surface area contributed by atoms with Crippen LogP contribution in [0.3, 0.4) is 0 Å². The molecule has 1 aromatic carbocycles. The van der Waals surface area contributed by atoms with Crippen molar-refractivity contribution in [3.63, 3.8) is 0 Å². The summed E-state index contributed by atoms with van der Waals surface area (Å²) in [6.07, 6.45) is 0. The lowest BCUT2D eigenvalue weighted by molar-refractivity contribution is 0.103. The van der Waals surface area contributed by atoms with Crippen LogP contribution >= 0.6 is 43.2 Å². The molecule has 2 aromatic rings. The van der Waals surface area contributed by atoms with Gasteiger partial charge < -0.3 is 5.32 Å². The van der Waals surface area contributed by atoms with Crippen molar-refractivity contribution in [1.29, 1.82) is 0 Å². The molecule has 0 radical (unpaired) electrons. The van der Waals surface area contributed by atoms with Crippen LogP contribution in [-0.2, 0) is 0 Å². The van der Waals surface area contributed by atoms with Gasteiger partial charge in [0.2, 0.25) is 0 Å². The maximum Gasteiger partial charge on any atom is 0.266 e. The molecule has 1 heterocycles. The Morgan fingerprint density at radius 1 is 1.24 bits per heavy atom. The summed E-state index contributed by atoms with van der Waals surface area (Å²) >= 11 is 8.18. The van der Waals surface area contributed by atoms with E-state index in [2.05, 4.69) is 37.2 Å². The van der Waals surface area contributed by atoms with Crippen LogP contribution in [0.1, 0.15) is 15.2 Å². The summed E-state index contributed by atoms with van der Waals surface area (Å²) in [5.41, 5.74) is 1.89. The predicted molar refractivity (Wildman–Crippen MR) is 78.9 cm³/mol. The summed E-state index contributed by atoms with van der Waals surface area (Å²) in [6.45, 7) is 1.99. The number of amides is 1. The third kappa shape index (κ3) is 2.97. The number of aryl methyl sites for hydroxylation is 1. The molecule has 2 rings (SSSR count). The summed E-state index contributed by atoms with van der Waals surface area (Å²) in [7, 11) is 0. The zero-order valence-electron chi connectivity index (χ0n) is 8.96. The van der Waals surface area contributed by atoms with Gasteiger partial charge in [-0.2, -0.15) is 0 Å². The van der Waals surface area contributed by atoms with Crippen molar-refractivity contribution >= 4 is 54.8 Å². The zero-order chi connectivity index (χ0) is 12.4. The van der Waals surface area contributed by atoms with Crippen LogP contribution < -0.4 is 5.32 Å². The van der Waals surface area contributed by atoms with Crippen molar-refractivity contribution in [3.8, 4) is 0 Å². The lowest BCUT2D eigenvalue weighted by atomic mass is 10.2. The summed E-state index contributed by atoms with van der Waals surface area (Å²) < 4.78 is 1.70. The molecule has 88 valence electrons. The highest BCUT2D eigenvalue weighted by atomic mass is 79.9. The molecule has 0 bridgehead atoms. The molecule has 5 heteroatoms. The van der Waals surface area contributed by atoms with Crippen molar-refractivity contribution in [1.82, 2.24) is 0 Å². The van der Waals surface area contributed by atoms with Gasteiger partial charge in [0.1, 0.15) is 4.88 Å². The van der Waals surface area contributed by atoms with Gasteiger partial charge in [-0.1, -0.05) is 6.07 Å². The SMILES string of the molecule is Cc1ccc(Br)c(NC(=O)c2sccc2Br)c1. The minimum absolute atomic E-state index is 0.0989. The Hall–Kier alpha value is -0.650. The molecule has 0 aliphatic heterocycles. The monoisotopic (exact) mass is 373 g/mol. The Morgan fingerprint density at radius 3 is 2.65 bits per heavy atom. The fraction of sp³-hybridized carbons (Fsp3) is 0.0833. The summed E-state index contributed by atoms with van der Waals surface area (Å²) in [5.74, 6) is -0.0989. The van der Waals surface area contributed by atoms with E-state index in [0.717, 1.165) is 20.2 Å². The van der Waals surface area contributed by atoms with Crippen molar-refractivity contribution < 1.29 is 4.79 Å². The van der Waals surface area contributed by atoms with Crippen molar-refractivity contribution in [2.75, 3.05) is 5.32 Å². The second-order valence-electron chi connectivity index (χ2n) is 3.54. The Balaban J connectivity index is 2.24. The molecule has 0 spiro atoms. The molecule has 1 N–H and O–H groups in total. The number of thiophene rings is 1. The van der Waals surface area contributed by atoms with Crippen molar-refractivity contribution in [2.45, 2.75) is 6.92 Å². The zero-order valence-corrected chi connectivity index (χ0v) is 12.9. The second-order valence-corrected chi connectivity index (χ2v) is 6.16. The molecule has 0 aliphatic rings. The normalized spacial score (nSPS) is 10.3.